The molecule has 0 spiro atoms. The largest absolute Gasteiger partial charge is 0.321 e. The van der Waals surface area contributed by atoms with Crippen molar-refractivity contribution in [1.82, 2.24) is 4.98 Å². The van der Waals surface area contributed by atoms with Crippen molar-refractivity contribution < 1.29 is 13.2 Å². The van der Waals surface area contributed by atoms with Gasteiger partial charge in [-0.3, -0.25) is 4.79 Å². The first-order chi connectivity index (χ1) is 11.9. The Hall–Kier alpha value is -2.76. The molecule has 0 radical (unpaired) electrons. The molecule has 0 bridgehead atoms. The Kier molecular flexibility index (Phi) is 4.53. The molecule has 0 saturated carbocycles. The lowest BCUT2D eigenvalue weighted by Crippen LogP contribution is -2.14. The van der Waals surface area contributed by atoms with Crippen LogP contribution in [0.3, 0.4) is 0 Å². The quantitative estimate of drug-likeness (QED) is 0.471. The van der Waals surface area contributed by atoms with E-state index in [2.05, 4.69) is 26.2 Å². The summed E-state index contributed by atoms with van der Waals surface area (Å²) >= 11 is 3.25. The highest BCUT2D eigenvalue weighted by Crippen LogP contribution is 2.29. The molecule has 1 aromatic heterocycles. The third-order valence-electron chi connectivity index (χ3n) is 3.46. The molecule has 25 heavy (non-hydrogen) atoms. The van der Waals surface area contributed by atoms with Crippen LogP contribution in [-0.2, 0) is 14.6 Å². The molecule has 1 N–H and O–H groups in total. The maximum absolute atomic E-state index is 12.3. The Morgan fingerprint density at radius 2 is 2.12 bits per heavy atom. The zero-order chi connectivity index (χ0) is 18.0. The molecule has 1 aromatic carbocycles. The van der Waals surface area contributed by atoms with Gasteiger partial charge in [-0.25, -0.2) is 13.4 Å². The molecular weight excluding hydrogens is 406 g/mol. The van der Waals surface area contributed by atoms with Crippen LogP contribution in [0.5, 0.6) is 0 Å². The molecule has 0 atom stereocenters. The van der Waals surface area contributed by atoms with Gasteiger partial charge in [0.25, 0.3) is 5.91 Å². The molecular formula is C17H10BrN3O3S. The van der Waals surface area contributed by atoms with Crippen LogP contribution in [0.15, 0.2) is 57.0 Å². The molecule has 3 rings (SSSR count). The monoisotopic (exact) mass is 415 g/mol. The first-order valence-corrected chi connectivity index (χ1v) is 9.35. The van der Waals surface area contributed by atoms with E-state index >= 15 is 0 Å². The maximum atomic E-state index is 12.3. The fraction of sp³-hybridized carbons (Fsp3) is 0. The van der Waals surface area contributed by atoms with Crippen molar-refractivity contribution >= 4 is 49.5 Å². The van der Waals surface area contributed by atoms with Crippen molar-refractivity contribution in [3.8, 4) is 6.07 Å². The zero-order valence-corrected chi connectivity index (χ0v) is 15.0. The SMILES string of the molecule is N#CC(=Cc1cccnc1Br)C(=O)Nc1ccc2c(c1)S(=O)(=O)C=C2. The average Bonchev–Trinajstić information content (AvgIpc) is 2.89. The van der Waals surface area contributed by atoms with E-state index in [-0.39, 0.29) is 10.5 Å². The molecule has 0 fully saturated rings. The second-order valence-corrected chi connectivity index (χ2v) is 7.66. The number of rotatable bonds is 3. The Morgan fingerprint density at radius 3 is 2.84 bits per heavy atom. The van der Waals surface area contributed by atoms with Gasteiger partial charge in [-0.05, 0) is 51.8 Å². The van der Waals surface area contributed by atoms with Crippen molar-refractivity contribution in [3.05, 3.63) is 63.2 Å². The van der Waals surface area contributed by atoms with E-state index in [9.17, 15) is 18.5 Å². The summed E-state index contributed by atoms with van der Waals surface area (Å²) in [6, 6.07) is 9.77. The zero-order valence-electron chi connectivity index (χ0n) is 12.6. The molecule has 1 amide bonds. The first kappa shape index (κ1) is 17.1. The molecule has 1 aliphatic rings. The summed E-state index contributed by atoms with van der Waals surface area (Å²) in [7, 11) is -3.47. The van der Waals surface area contributed by atoms with Crippen LogP contribution in [-0.4, -0.2) is 19.3 Å². The van der Waals surface area contributed by atoms with Crippen LogP contribution in [0.1, 0.15) is 11.1 Å². The van der Waals surface area contributed by atoms with Gasteiger partial charge in [-0.2, -0.15) is 5.26 Å². The van der Waals surface area contributed by atoms with Gasteiger partial charge in [0.2, 0.25) is 9.84 Å². The Morgan fingerprint density at radius 1 is 1.32 bits per heavy atom. The smallest absolute Gasteiger partial charge is 0.266 e. The van der Waals surface area contributed by atoms with Gasteiger partial charge in [-0.1, -0.05) is 12.1 Å². The molecule has 0 aliphatic carbocycles. The highest BCUT2D eigenvalue weighted by atomic mass is 79.9. The number of halogens is 1. The average molecular weight is 416 g/mol. The van der Waals surface area contributed by atoms with E-state index in [0.29, 0.717) is 21.4 Å². The lowest BCUT2D eigenvalue weighted by Gasteiger charge is -2.07. The van der Waals surface area contributed by atoms with E-state index < -0.39 is 15.7 Å². The number of nitrogens with one attached hydrogen (secondary N) is 1. The van der Waals surface area contributed by atoms with E-state index in [1.54, 1.807) is 30.5 Å². The number of hydrogen-bond donors (Lipinski definition) is 1. The molecule has 2 aromatic rings. The summed E-state index contributed by atoms with van der Waals surface area (Å²) in [5.41, 5.74) is 1.31. The van der Waals surface area contributed by atoms with Crippen LogP contribution in [0.4, 0.5) is 5.69 Å². The molecule has 1 aliphatic heterocycles. The minimum absolute atomic E-state index is 0.128. The van der Waals surface area contributed by atoms with E-state index in [1.165, 1.54) is 18.2 Å². The summed E-state index contributed by atoms with van der Waals surface area (Å²) in [6.07, 6.45) is 4.47. The van der Waals surface area contributed by atoms with Crippen molar-refractivity contribution in [2.75, 3.05) is 5.32 Å². The van der Waals surface area contributed by atoms with Crippen LogP contribution in [0, 0.1) is 11.3 Å². The highest BCUT2D eigenvalue weighted by Gasteiger charge is 2.21. The molecule has 8 heteroatoms. The van der Waals surface area contributed by atoms with Crippen molar-refractivity contribution in [2.24, 2.45) is 0 Å². The minimum atomic E-state index is -3.47. The van der Waals surface area contributed by atoms with E-state index in [1.807, 2.05) is 6.07 Å². The van der Waals surface area contributed by atoms with Gasteiger partial charge in [-0.15, -0.1) is 0 Å². The summed E-state index contributed by atoms with van der Waals surface area (Å²) in [4.78, 5) is 16.5. The van der Waals surface area contributed by atoms with Gasteiger partial charge in [0.1, 0.15) is 16.2 Å². The van der Waals surface area contributed by atoms with Crippen molar-refractivity contribution in [1.29, 1.82) is 5.26 Å². The molecule has 0 unspecified atom stereocenters. The summed E-state index contributed by atoms with van der Waals surface area (Å²) in [5.74, 6) is -0.637. The Balaban J connectivity index is 1.88. The number of pyridine rings is 1. The second kappa shape index (κ2) is 6.63. The topological polar surface area (TPSA) is 99.9 Å². The fourth-order valence-corrected chi connectivity index (χ4v) is 3.83. The van der Waals surface area contributed by atoms with Crippen LogP contribution < -0.4 is 5.32 Å². The van der Waals surface area contributed by atoms with Gasteiger partial charge in [0.05, 0.1) is 4.90 Å². The normalized spacial score (nSPS) is 14.6. The number of carbonyl (C=O) groups is 1. The number of nitrogens with zero attached hydrogens (tertiary/aromatic N) is 2. The number of nitriles is 1. The Bertz CT molecular complexity index is 1080. The van der Waals surface area contributed by atoms with Crippen molar-refractivity contribution in [3.63, 3.8) is 0 Å². The third-order valence-corrected chi connectivity index (χ3v) is 5.58. The first-order valence-electron chi connectivity index (χ1n) is 7.01. The summed E-state index contributed by atoms with van der Waals surface area (Å²) < 4.78 is 24.3. The van der Waals surface area contributed by atoms with Gasteiger partial charge >= 0.3 is 0 Å². The molecule has 2 heterocycles. The number of fused-ring (bicyclic) bond motifs is 1. The van der Waals surface area contributed by atoms with Gasteiger partial charge in [0, 0.05) is 22.9 Å². The van der Waals surface area contributed by atoms with Crippen LogP contribution >= 0.6 is 15.9 Å². The number of benzene rings is 1. The lowest BCUT2D eigenvalue weighted by atomic mass is 10.1. The number of carbonyl (C=O) groups excluding carboxylic acids is 1. The Labute approximate surface area is 152 Å². The highest BCUT2D eigenvalue weighted by molar-refractivity contribution is 9.10. The summed E-state index contributed by atoms with van der Waals surface area (Å²) in [6.45, 7) is 0. The van der Waals surface area contributed by atoms with Gasteiger partial charge in [0.15, 0.2) is 0 Å². The second-order valence-electron chi connectivity index (χ2n) is 5.11. The summed E-state index contributed by atoms with van der Waals surface area (Å²) in [5, 5.41) is 12.9. The predicted molar refractivity (Wildman–Crippen MR) is 96.8 cm³/mol. The standard InChI is InChI=1S/C17H10BrN3O3S/c18-16-12(2-1-6-20-16)8-13(10-19)17(22)21-14-4-3-11-5-7-25(23,24)15(11)9-14/h1-9H,(H,21,22). The lowest BCUT2D eigenvalue weighted by molar-refractivity contribution is -0.112. The molecule has 124 valence electrons. The molecule has 0 saturated heterocycles. The maximum Gasteiger partial charge on any atom is 0.266 e. The number of amides is 1. The number of aromatic nitrogens is 1. The van der Waals surface area contributed by atoms with Crippen LogP contribution in [0.2, 0.25) is 0 Å². The van der Waals surface area contributed by atoms with Crippen LogP contribution in [0.25, 0.3) is 12.2 Å². The fourth-order valence-electron chi connectivity index (χ4n) is 2.24. The number of anilines is 1. The van der Waals surface area contributed by atoms with E-state index in [0.717, 1.165) is 5.41 Å². The minimum Gasteiger partial charge on any atom is -0.321 e. The van der Waals surface area contributed by atoms with E-state index in [4.69, 9.17) is 0 Å². The third kappa shape index (κ3) is 3.52. The van der Waals surface area contributed by atoms with Crippen molar-refractivity contribution in [2.45, 2.75) is 4.90 Å². The number of sulfone groups is 1. The predicted octanol–water partition coefficient (Wildman–Crippen LogP) is 3.15. The van der Waals surface area contributed by atoms with Gasteiger partial charge < -0.3 is 5.32 Å². The number of hydrogen-bond acceptors (Lipinski definition) is 5. The molecule has 6 nitrogen and oxygen atoms in total.